The molecule has 0 aromatic carbocycles. The second kappa shape index (κ2) is 7.72. The maximum absolute atomic E-state index is 12.4. The van der Waals surface area contributed by atoms with Gasteiger partial charge in [0.2, 0.25) is 5.91 Å². The molecule has 3 amide bonds. The van der Waals surface area contributed by atoms with Crippen molar-refractivity contribution in [2.75, 3.05) is 27.2 Å². The third-order valence-electron chi connectivity index (χ3n) is 4.00. The van der Waals surface area contributed by atoms with E-state index in [9.17, 15) is 9.59 Å². The van der Waals surface area contributed by atoms with Crippen molar-refractivity contribution >= 4 is 23.5 Å². The van der Waals surface area contributed by atoms with E-state index < -0.39 is 0 Å². The van der Waals surface area contributed by atoms with E-state index in [-0.39, 0.29) is 17.9 Å². The van der Waals surface area contributed by atoms with E-state index in [2.05, 4.69) is 28.8 Å². The van der Waals surface area contributed by atoms with Gasteiger partial charge in [-0.15, -0.1) is 5.10 Å². The van der Waals surface area contributed by atoms with Gasteiger partial charge >= 0.3 is 6.03 Å². The van der Waals surface area contributed by atoms with Gasteiger partial charge in [-0.25, -0.2) is 4.79 Å². The Morgan fingerprint density at radius 2 is 2.17 bits per heavy atom. The van der Waals surface area contributed by atoms with Gasteiger partial charge in [-0.3, -0.25) is 4.79 Å². The Balaban J connectivity index is 1.90. The average molecular weight is 339 g/mol. The van der Waals surface area contributed by atoms with Gasteiger partial charge < -0.3 is 15.1 Å². The van der Waals surface area contributed by atoms with Crippen LogP contribution in [-0.2, 0) is 11.3 Å². The Hall–Kier alpha value is -1.70. The zero-order valence-electron chi connectivity index (χ0n) is 14.2. The largest absolute Gasteiger partial charge is 0.351 e. The molecule has 8 heteroatoms. The summed E-state index contributed by atoms with van der Waals surface area (Å²) in [4.78, 5) is 28.8. The molecule has 1 aliphatic heterocycles. The molecule has 1 aromatic rings. The Morgan fingerprint density at radius 3 is 2.83 bits per heavy atom. The van der Waals surface area contributed by atoms with E-state index in [1.165, 1.54) is 11.5 Å². The molecule has 2 rings (SSSR count). The van der Waals surface area contributed by atoms with Crippen LogP contribution in [0.2, 0.25) is 0 Å². The van der Waals surface area contributed by atoms with Crippen molar-refractivity contribution in [1.82, 2.24) is 24.7 Å². The van der Waals surface area contributed by atoms with Gasteiger partial charge in [-0.1, -0.05) is 18.3 Å². The van der Waals surface area contributed by atoms with Gasteiger partial charge in [0.15, 0.2) is 0 Å². The van der Waals surface area contributed by atoms with E-state index in [0.717, 1.165) is 30.0 Å². The van der Waals surface area contributed by atoms with Crippen LogP contribution in [0.25, 0.3) is 0 Å². The van der Waals surface area contributed by atoms with Crippen molar-refractivity contribution in [2.45, 2.75) is 39.2 Å². The average Bonchev–Trinajstić information content (AvgIpc) is 3.00. The van der Waals surface area contributed by atoms with E-state index >= 15 is 0 Å². The van der Waals surface area contributed by atoms with Crippen LogP contribution in [-0.4, -0.2) is 58.5 Å². The number of carbonyl (C=O) groups excluding carboxylic acids is 2. The third-order valence-corrected chi connectivity index (χ3v) is 4.74. The number of amides is 3. The fraction of sp³-hybridized carbons (Fsp3) is 0.733. The van der Waals surface area contributed by atoms with Crippen molar-refractivity contribution in [3.63, 3.8) is 0 Å². The maximum Gasteiger partial charge on any atom is 0.319 e. The fourth-order valence-corrected chi connectivity index (χ4v) is 3.47. The number of nitrogens with one attached hydrogen (secondary N) is 1. The first-order valence-corrected chi connectivity index (χ1v) is 8.72. The SMILES string of the molecule is CC(C)c1nnsc1CNC(=O)C1CCCN(C(=O)N(C)C)C1. The van der Waals surface area contributed by atoms with Crippen molar-refractivity contribution < 1.29 is 9.59 Å². The molecule has 1 N–H and O–H groups in total. The van der Waals surface area contributed by atoms with Crippen LogP contribution in [0.3, 0.4) is 0 Å². The topological polar surface area (TPSA) is 78.4 Å². The number of aromatic nitrogens is 2. The number of likely N-dealkylation sites (tertiary alicyclic amines) is 1. The monoisotopic (exact) mass is 339 g/mol. The first-order valence-electron chi connectivity index (χ1n) is 7.95. The Labute approximate surface area is 141 Å². The zero-order valence-corrected chi connectivity index (χ0v) is 15.0. The molecule has 1 unspecified atom stereocenters. The van der Waals surface area contributed by atoms with Crippen LogP contribution < -0.4 is 5.32 Å². The van der Waals surface area contributed by atoms with Gasteiger partial charge in [0, 0.05) is 27.2 Å². The third kappa shape index (κ3) is 4.40. The summed E-state index contributed by atoms with van der Waals surface area (Å²) in [7, 11) is 3.46. The minimum atomic E-state index is -0.143. The highest BCUT2D eigenvalue weighted by Gasteiger charge is 2.29. The number of urea groups is 1. The molecule has 2 heterocycles. The zero-order chi connectivity index (χ0) is 17.0. The van der Waals surface area contributed by atoms with Crippen LogP contribution in [0.1, 0.15) is 43.2 Å². The van der Waals surface area contributed by atoms with Gasteiger partial charge in [0.1, 0.15) is 0 Å². The highest BCUT2D eigenvalue weighted by atomic mass is 32.1. The molecule has 1 aliphatic rings. The van der Waals surface area contributed by atoms with Gasteiger partial charge in [-0.05, 0) is 30.3 Å². The number of hydrogen-bond donors (Lipinski definition) is 1. The lowest BCUT2D eigenvalue weighted by Crippen LogP contribution is -2.48. The summed E-state index contributed by atoms with van der Waals surface area (Å²) in [5, 5.41) is 7.10. The van der Waals surface area contributed by atoms with Crippen molar-refractivity contribution in [3.8, 4) is 0 Å². The molecule has 1 saturated heterocycles. The first kappa shape index (κ1) is 17.7. The molecule has 1 fully saturated rings. The summed E-state index contributed by atoms with van der Waals surface area (Å²) in [6.07, 6.45) is 1.68. The number of hydrogen-bond acceptors (Lipinski definition) is 5. The molecule has 7 nitrogen and oxygen atoms in total. The molecule has 0 bridgehead atoms. The molecular weight excluding hydrogens is 314 g/mol. The summed E-state index contributed by atoms with van der Waals surface area (Å²) in [5.74, 6) is 0.156. The molecule has 1 aromatic heterocycles. The number of carbonyl (C=O) groups is 2. The minimum absolute atomic E-state index is 0.00404. The second-order valence-electron chi connectivity index (χ2n) is 6.42. The normalized spacial score (nSPS) is 18.1. The highest BCUT2D eigenvalue weighted by molar-refractivity contribution is 7.05. The molecule has 1 atom stereocenters. The van der Waals surface area contributed by atoms with Crippen LogP contribution >= 0.6 is 11.5 Å². The molecule has 0 radical (unpaired) electrons. The number of rotatable bonds is 4. The second-order valence-corrected chi connectivity index (χ2v) is 7.25. The van der Waals surface area contributed by atoms with Crippen LogP contribution in [0, 0.1) is 5.92 Å². The number of nitrogens with zero attached hydrogens (tertiary/aromatic N) is 4. The van der Waals surface area contributed by atoms with E-state index in [1.54, 1.807) is 23.9 Å². The van der Waals surface area contributed by atoms with Crippen molar-refractivity contribution in [3.05, 3.63) is 10.6 Å². The lowest BCUT2D eigenvalue weighted by atomic mass is 9.97. The van der Waals surface area contributed by atoms with E-state index in [4.69, 9.17) is 0 Å². The molecule has 23 heavy (non-hydrogen) atoms. The fourth-order valence-electron chi connectivity index (χ4n) is 2.74. The smallest absolute Gasteiger partial charge is 0.319 e. The lowest BCUT2D eigenvalue weighted by Gasteiger charge is -2.33. The summed E-state index contributed by atoms with van der Waals surface area (Å²) >= 11 is 1.33. The Morgan fingerprint density at radius 1 is 1.43 bits per heavy atom. The quantitative estimate of drug-likeness (QED) is 0.905. The highest BCUT2D eigenvalue weighted by Crippen LogP contribution is 2.21. The van der Waals surface area contributed by atoms with Crippen molar-refractivity contribution in [2.24, 2.45) is 5.92 Å². The lowest BCUT2D eigenvalue weighted by molar-refractivity contribution is -0.126. The maximum atomic E-state index is 12.4. The summed E-state index contributed by atoms with van der Waals surface area (Å²) in [5.41, 5.74) is 0.948. The summed E-state index contributed by atoms with van der Waals surface area (Å²) in [6, 6.07) is -0.0312. The van der Waals surface area contributed by atoms with Crippen molar-refractivity contribution in [1.29, 1.82) is 0 Å². The van der Waals surface area contributed by atoms with E-state index in [1.807, 2.05) is 0 Å². The molecular formula is C15H25N5O2S. The molecule has 0 aliphatic carbocycles. The molecule has 0 spiro atoms. The summed E-state index contributed by atoms with van der Waals surface area (Å²) in [6.45, 7) is 5.79. The van der Waals surface area contributed by atoms with Gasteiger partial charge in [0.25, 0.3) is 0 Å². The Bertz CT molecular complexity index is 558. The van der Waals surface area contributed by atoms with Crippen LogP contribution in [0.4, 0.5) is 4.79 Å². The van der Waals surface area contributed by atoms with Gasteiger partial charge in [0.05, 0.1) is 23.0 Å². The van der Waals surface area contributed by atoms with Gasteiger partial charge in [-0.2, -0.15) is 0 Å². The van der Waals surface area contributed by atoms with Crippen LogP contribution in [0.5, 0.6) is 0 Å². The van der Waals surface area contributed by atoms with Crippen LogP contribution in [0.15, 0.2) is 0 Å². The molecule has 128 valence electrons. The number of piperidine rings is 1. The predicted octanol–water partition coefficient (Wildman–Crippen LogP) is 1.67. The minimum Gasteiger partial charge on any atom is -0.351 e. The van der Waals surface area contributed by atoms with E-state index in [0.29, 0.717) is 19.0 Å². The summed E-state index contributed by atoms with van der Waals surface area (Å²) < 4.78 is 3.97. The first-order chi connectivity index (χ1) is 10.9. The Kier molecular flexibility index (Phi) is 5.92. The standard InChI is InChI=1S/C15H25N5O2S/c1-10(2)13-12(23-18-17-13)8-16-14(21)11-6-5-7-20(9-11)15(22)19(3)4/h10-11H,5-9H2,1-4H3,(H,16,21). The molecule has 0 saturated carbocycles. The predicted molar refractivity (Wildman–Crippen MR) is 89.2 cm³/mol.